The van der Waals surface area contributed by atoms with Crippen molar-refractivity contribution < 1.29 is 24.8 Å². The number of furan rings is 1. The number of hydrogen-bond acceptors (Lipinski definition) is 5. The van der Waals surface area contributed by atoms with Crippen LogP contribution in [0.5, 0.6) is 0 Å². The summed E-state index contributed by atoms with van der Waals surface area (Å²) in [5.41, 5.74) is 1.01. The van der Waals surface area contributed by atoms with E-state index in [9.17, 15) is 20.4 Å². The molecule has 1 heterocycles. The zero-order valence-corrected chi connectivity index (χ0v) is 15.1. The molecule has 0 radical (unpaired) electrons. The second-order valence-electron chi connectivity index (χ2n) is 9.19. The van der Waals surface area contributed by atoms with Crippen molar-refractivity contribution in [1.29, 1.82) is 0 Å². The van der Waals surface area contributed by atoms with Gasteiger partial charge in [0.1, 0.15) is 0 Å². The Kier molecular flexibility index (Phi) is 3.90. The van der Waals surface area contributed by atoms with Gasteiger partial charge < -0.3 is 24.8 Å². The zero-order chi connectivity index (χ0) is 18.0. The molecule has 140 valence electrons. The van der Waals surface area contributed by atoms with Crippen LogP contribution in [-0.4, -0.2) is 45.8 Å². The Morgan fingerprint density at radius 3 is 2.52 bits per heavy atom. The third-order valence-corrected chi connectivity index (χ3v) is 8.23. The number of fused-ring (bicyclic) bond motifs is 5. The standard InChI is InChI=1S/C20H30O5/c1-18-7-14(23)17(24)19(2,10-21)15(18)5-6-20(11-22)13-9-25-8-12(13)3-4-16(18)20/h8-9,14-17,21-24H,3-7,10-11H2,1-2H3. The van der Waals surface area contributed by atoms with E-state index in [2.05, 4.69) is 6.92 Å². The van der Waals surface area contributed by atoms with E-state index in [1.807, 2.05) is 6.92 Å². The molecule has 0 aliphatic heterocycles. The summed E-state index contributed by atoms with van der Waals surface area (Å²) in [6.45, 7) is 4.03. The minimum atomic E-state index is -0.912. The van der Waals surface area contributed by atoms with Gasteiger partial charge in [0.2, 0.25) is 0 Å². The molecule has 0 spiro atoms. The smallest absolute Gasteiger partial charge is 0.0944 e. The van der Waals surface area contributed by atoms with Crippen molar-refractivity contribution in [1.82, 2.24) is 0 Å². The summed E-state index contributed by atoms with van der Waals surface area (Å²) in [6, 6.07) is 0. The average molecular weight is 350 g/mol. The summed E-state index contributed by atoms with van der Waals surface area (Å²) in [7, 11) is 0. The van der Waals surface area contributed by atoms with Crippen LogP contribution in [0.4, 0.5) is 0 Å². The molecule has 3 aliphatic carbocycles. The lowest BCUT2D eigenvalue weighted by Gasteiger charge is -2.66. The summed E-state index contributed by atoms with van der Waals surface area (Å²) in [5.74, 6) is 0.309. The van der Waals surface area contributed by atoms with Crippen molar-refractivity contribution in [3.05, 3.63) is 23.7 Å². The molecule has 7 unspecified atom stereocenters. The van der Waals surface area contributed by atoms with Crippen molar-refractivity contribution in [2.75, 3.05) is 13.2 Å². The van der Waals surface area contributed by atoms with Crippen LogP contribution < -0.4 is 0 Å². The Labute approximate surface area is 148 Å². The third-order valence-electron chi connectivity index (χ3n) is 8.23. The van der Waals surface area contributed by atoms with Gasteiger partial charge in [0.25, 0.3) is 0 Å². The molecule has 7 atom stereocenters. The predicted molar refractivity (Wildman–Crippen MR) is 91.9 cm³/mol. The number of aryl methyl sites for hydroxylation is 1. The van der Waals surface area contributed by atoms with E-state index in [0.717, 1.165) is 31.2 Å². The van der Waals surface area contributed by atoms with Crippen molar-refractivity contribution >= 4 is 0 Å². The summed E-state index contributed by atoms with van der Waals surface area (Å²) < 4.78 is 5.47. The van der Waals surface area contributed by atoms with Gasteiger partial charge in [-0.2, -0.15) is 0 Å². The van der Waals surface area contributed by atoms with Crippen LogP contribution in [0.2, 0.25) is 0 Å². The minimum absolute atomic E-state index is 0.0704. The number of rotatable bonds is 2. The van der Waals surface area contributed by atoms with Crippen molar-refractivity contribution in [3.8, 4) is 0 Å². The normalized spacial score (nSPS) is 49.2. The molecule has 2 saturated carbocycles. The van der Waals surface area contributed by atoms with Crippen molar-refractivity contribution in [2.24, 2.45) is 22.7 Å². The first kappa shape index (κ1) is 17.5. The molecule has 4 rings (SSSR count). The average Bonchev–Trinajstić information content (AvgIpc) is 3.09. The van der Waals surface area contributed by atoms with Crippen molar-refractivity contribution in [2.45, 2.75) is 63.6 Å². The highest BCUT2D eigenvalue weighted by Crippen LogP contribution is 2.66. The molecular formula is C20H30O5. The maximum atomic E-state index is 10.6. The van der Waals surface area contributed by atoms with E-state index in [-0.39, 0.29) is 35.9 Å². The SMILES string of the molecule is CC1(CO)C(O)C(O)CC2(C)C3CCc4cocc4C3(CO)CCC12. The van der Waals surface area contributed by atoms with Crippen LogP contribution in [-0.2, 0) is 11.8 Å². The Morgan fingerprint density at radius 1 is 1.08 bits per heavy atom. The molecule has 0 bridgehead atoms. The van der Waals surface area contributed by atoms with Gasteiger partial charge in [-0.05, 0) is 54.9 Å². The van der Waals surface area contributed by atoms with E-state index < -0.39 is 17.6 Å². The first-order valence-electron chi connectivity index (χ1n) is 9.47. The Balaban J connectivity index is 1.83. The van der Waals surface area contributed by atoms with Crippen LogP contribution in [0.15, 0.2) is 16.9 Å². The molecule has 1 aromatic rings. The van der Waals surface area contributed by atoms with Crippen LogP contribution >= 0.6 is 0 Å². The summed E-state index contributed by atoms with van der Waals surface area (Å²) in [4.78, 5) is 0. The highest BCUT2D eigenvalue weighted by molar-refractivity contribution is 5.37. The second kappa shape index (κ2) is 5.56. The van der Waals surface area contributed by atoms with Gasteiger partial charge in [-0.25, -0.2) is 0 Å². The molecule has 0 saturated heterocycles. The van der Waals surface area contributed by atoms with E-state index in [0.29, 0.717) is 6.42 Å². The lowest BCUT2D eigenvalue weighted by Crippen LogP contribution is -2.66. The number of aliphatic hydroxyl groups excluding tert-OH is 4. The first-order valence-corrected chi connectivity index (χ1v) is 9.47. The third kappa shape index (κ3) is 2.04. The van der Waals surface area contributed by atoms with E-state index in [1.165, 1.54) is 5.56 Å². The molecule has 3 aliphatic rings. The fourth-order valence-corrected chi connectivity index (χ4v) is 7.02. The largest absolute Gasteiger partial charge is 0.472 e. The molecule has 25 heavy (non-hydrogen) atoms. The van der Waals surface area contributed by atoms with Crippen LogP contribution in [0.1, 0.15) is 50.7 Å². The topological polar surface area (TPSA) is 94.1 Å². The van der Waals surface area contributed by atoms with Gasteiger partial charge in [0.15, 0.2) is 0 Å². The van der Waals surface area contributed by atoms with Gasteiger partial charge in [-0.15, -0.1) is 0 Å². The Hall–Kier alpha value is -0.880. The number of aliphatic hydroxyl groups is 4. The number of hydrogen-bond donors (Lipinski definition) is 4. The monoisotopic (exact) mass is 350 g/mol. The molecule has 0 amide bonds. The second-order valence-corrected chi connectivity index (χ2v) is 9.19. The molecule has 5 nitrogen and oxygen atoms in total. The van der Waals surface area contributed by atoms with E-state index in [4.69, 9.17) is 4.42 Å². The van der Waals surface area contributed by atoms with E-state index in [1.54, 1.807) is 12.5 Å². The lowest BCUT2D eigenvalue weighted by molar-refractivity contribution is -0.223. The molecule has 5 heteroatoms. The van der Waals surface area contributed by atoms with Gasteiger partial charge >= 0.3 is 0 Å². The molecule has 2 fully saturated rings. The maximum Gasteiger partial charge on any atom is 0.0944 e. The Morgan fingerprint density at radius 2 is 1.84 bits per heavy atom. The molecule has 4 N–H and O–H groups in total. The minimum Gasteiger partial charge on any atom is -0.472 e. The van der Waals surface area contributed by atoms with Gasteiger partial charge in [0.05, 0.1) is 37.9 Å². The van der Waals surface area contributed by atoms with Gasteiger partial charge in [-0.3, -0.25) is 0 Å². The van der Waals surface area contributed by atoms with Crippen LogP contribution in [0.25, 0.3) is 0 Å². The van der Waals surface area contributed by atoms with Crippen LogP contribution in [0.3, 0.4) is 0 Å². The summed E-state index contributed by atoms with van der Waals surface area (Å²) in [5, 5.41) is 41.8. The fourth-order valence-electron chi connectivity index (χ4n) is 7.02. The molecule has 0 aromatic carbocycles. The van der Waals surface area contributed by atoms with E-state index >= 15 is 0 Å². The van der Waals surface area contributed by atoms with Crippen LogP contribution in [0, 0.1) is 22.7 Å². The zero-order valence-electron chi connectivity index (χ0n) is 15.1. The van der Waals surface area contributed by atoms with Crippen molar-refractivity contribution in [3.63, 3.8) is 0 Å². The first-order chi connectivity index (χ1) is 11.8. The van der Waals surface area contributed by atoms with Gasteiger partial charge in [-0.1, -0.05) is 13.8 Å². The molecular weight excluding hydrogens is 320 g/mol. The van der Waals surface area contributed by atoms with Gasteiger partial charge in [0, 0.05) is 16.4 Å². The highest BCUT2D eigenvalue weighted by atomic mass is 16.3. The quantitative estimate of drug-likeness (QED) is 0.650. The Bertz CT molecular complexity index is 656. The maximum absolute atomic E-state index is 10.6. The molecule has 1 aromatic heterocycles. The summed E-state index contributed by atoms with van der Waals surface area (Å²) in [6.07, 6.45) is 5.82. The predicted octanol–water partition coefficient (Wildman–Crippen LogP) is 1.61. The fraction of sp³-hybridized carbons (Fsp3) is 0.800. The highest BCUT2D eigenvalue weighted by Gasteiger charge is 2.65. The lowest BCUT2D eigenvalue weighted by atomic mass is 9.39. The summed E-state index contributed by atoms with van der Waals surface area (Å²) >= 11 is 0.